The molecule has 0 aliphatic heterocycles. The number of nitrogens with zero attached hydrogens (tertiary/aromatic N) is 5. The van der Waals surface area contributed by atoms with Gasteiger partial charge in [-0.1, -0.05) is 44.0 Å². The van der Waals surface area contributed by atoms with Gasteiger partial charge >= 0.3 is 6.09 Å². The van der Waals surface area contributed by atoms with Crippen molar-refractivity contribution in [1.29, 1.82) is 0 Å². The van der Waals surface area contributed by atoms with Crippen LogP contribution >= 0.6 is 34.5 Å². The van der Waals surface area contributed by atoms with Gasteiger partial charge in [-0.2, -0.15) is 5.10 Å². The van der Waals surface area contributed by atoms with Gasteiger partial charge in [0.2, 0.25) is 0 Å². The molecule has 0 spiro atoms. The Balaban J connectivity index is 1.74. The van der Waals surface area contributed by atoms with Crippen LogP contribution in [0.25, 0.3) is 11.3 Å². The van der Waals surface area contributed by atoms with E-state index in [9.17, 15) is 18.3 Å². The van der Waals surface area contributed by atoms with E-state index in [0.717, 1.165) is 23.5 Å². The Morgan fingerprint density at radius 2 is 1.92 bits per heavy atom. The molecule has 0 atom stereocenters. The summed E-state index contributed by atoms with van der Waals surface area (Å²) in [5.74, 6) is -1.76. The number of ether oxygens (including phenoxy) is 1. The third-order valence-electron chi connectivity index (χ3n) is 5.17. The van der Waals surface area contributed by atoms with Crippen molar-refractivity contribution in [2.75, 3.05) is 4.31 Å². The fourth-order valence-corrected chi connectivity index (χ4v) is 6.05. The number of aryl methyl sites for hydroxylation is 1. The van der Waals surface area contributed by atoms with Gasteiger partial charge in [0.25, 0.3) is 10.0 Å². The Morgan fingerprint density at radius 3 is 2.50 bits per heavy atom. The van der Waals surface area contributed by atoms with Gasteiger partial charge in [-0.05, 0) is 18.2 Å². The summed E-state index contributed by atoms with van der Waals surface area (Å²) >= 11 is 13.4. The van der Waals surface area contributed by atoms with Crippen LogP contribution in [0.15, 0.2) is 46.9 Å². The van der Waals surface area contributed by atoms with Crippen LogP contribution in [0.3, 0.4) is 0 Å². The molecule has 1 amide bonds. The summed E-state index contributed by atoms with van der Waals surface area (Å²) in [4.78, 5) is 19.2. The zero-order valence-electron chi connectivity index (χ0n) is 20.3. The van der Waals surface area contributed by atoms with Crippen molar-refractivity contribution in [3.8, 4) is 22.8 Å². The van der Waals surface area contributed by atoms with Crippen molar-refractivity contribution in [1.82, 2.24) is 19.7 Å². The van der Waals surface area contributed by atoms with Crippen LogP contribution in [0.2, 0.25) is 10.2 Å². The van der Waals surface area contributed by atoms with Crippen molar-refractivity contribution in [2.45, 2.75) is 31.1 Å². The van der Waals surface area contributed by atoms with Gasteiger partial charge in [-0.25, -0.2) is 27.6 Å². The highest BCUT2D eigenvalue weighted by atomic mass is 35.5. The summed E-state index contributed by atoms with van der Waals surface area (Å²) in [5, 5.41) is 15.5. The van der Waals surface area contributed by atoms with Gasteiger partial charge in [0.05, 0.1) is 16.9 Å². The molecule has 3 aromatic heterocycles. The first-order valence-corrected chi connectivity index (χ1v) is 13.8. The van der Waals surface area contributed by atoms with Gasteiger partial charge < -0.3 is 9.84 Å². The minimum atomic E-state index is -4.96. The third-order valence-corrected chi connectivity index (χ3v) is 8.62. The number of carbonyl (C=O) groups is 1. The zero-order valence-corrected chi connectivity index (χ0v) is 23.5. The summed E-state index contributed by atoms with van der Waals surface area (Å²) in [5.41, 5.74) is 0.610. The molecule has 1 N–H and O–H groups in total. The molecule has 4 rings (SSSR count). The molecule has 3 heterocycles. The highest BCUT2D eigenvalue weighted by Gasteiger charge is 2.36. The number of hydrogen-bond acceptors (Lipinski definition) is 8. The van der Waals surface area contributed by atoms with E-state index in [-0.39, 0.29) is 31.8 Å². The molecule has 4 aromatic rings. The van der Waals surface area contributed by atoms with Gasteiger partial charge in [-0.15, -0.1) is 15.6 Å². The van der Waals surface area contributed by atoms with Crippen LogP contribution in [-0.2, 0) is 22.5 Å². The Labute approximate surface area is 231 Å². The average molecular weight is 600 g/mol. The number of hydrogen-bond donors (Lipinski definition) is 1. The molecule has 0 unspecified atom stereocenters. The lowest BCUT2D eigenvalue weighted by Crippen LogP contribution is -2.36. The second-order valence-corrected chi connectivity index (χ2v) is 12.4. The zero-order chi connectivity index (χ0) is 28.0. The van der Waals surface area contributed by atoms with Crippen molar-refractivity contribution >= 4 is 56.5 Å². The SMILES string of the molecule is Cn1nccc1-c1cc(Cl)ncc1Oc1cc(F)c(S(=O)(=O)N(C(=O)O)c2csc(C(C)(C)C)n2)cc1Cl. The molecule has 0 fully saturated rings. The average Bonchev–Trinajstić information content (AvgIpc) is 3.46. The lowest BCUT2D eigenvalue weighted by Gasteiger charge is -2.19. The number of benzene rings is 1. The number of aromatic nitrogens is 4. The molecular weight excluding hydrogens is 580 g/mol. The number of carboxylic acid groups (broad SMARTS) is 1. The minimum absolute atomic E-state index is 0.0115. The summed E-state index contributed by atoms with van der Waals surface area (Å²) < 4.78 is 49.2. The number of sulfonamides is 1. The number of halogens is 3. The summed E-state index contributed by atoms with van der Waals surface area (Å²) in [7, 11) is -3.27. The Hall–Kier alpha value is -3.26. The lowest BCUT2D eigenvalue weighted by molar-refractivity contribution is 0.206. The molecule has 200 valence electrons. The van der Waals surface area contributed by atoms with Crippen molar-refractivity contribution in [2.24, 2.45) is 7.05 Å². The number of amides is 1. The van der Waals surface area contributed by atoms with Crippen LogP contribution < -0.4 is 9.04 Å². The first-order chi connectivity index (χ1) is 17.7. The second kappa shape index (κ2) is 10.1. The lowest BCUT2D eigenvalue weighted by atomic mass is 9.98. The quantitative estimate of drug-likeness (QED) is 0.254. The minimum Gasteiger partial charge on any atom is -0.464 e. The second-order valence-electron chi connectivity index (χ2n) is 8.97. The van der Waals surface area contributed by atoms with Gasteiger partial charge in [0.1, 0.15) is 26.6 Å². The molecule has 0 saturated heterocycles. The normalized spacial score (nSPS) is 12.0. The molecule has 0 saturated carbocycles. The highest BCUT2D eigenvalue weighted by molar-refractivity contribution is 7.93. The molecule has 0 bridgehead atoms. The highest BCUT2D eigenvalue weighted by Crippen LogP contribution is 2.39. The Bertz CT molecular complexity index is 1650. The third kappa shape index (κ3) is 5.32. The van der Waals surface area contributed by atoms with Crippen molar-refractivity contribution in [3.05, 3.63) is 63.0 Å². The van der Waals surface area contributed by atoms with Crippen LogP contribution in [0.5, 0.6) is 11.5 Å². The summed E-state index contributed by atoms with van der Waals surface area (Å²) in [6, 6.07) is 4.74. The van der Waals surface area contributed by atoms with Gasteiger partial charge in [-0.3, -0.25) is 4.68 Å². The maximum Gasteiger partial charge on any atom is 0.427 e. The first kappa shape index (κ1) is 27.8. The van der Waals surface area contributed by atoms with E-state index in [4.69, 9.17) is 27.9 Å². The van der Waals surface area contributed by atoms with E-state index in [1.165, 1.54) is 17.6 Å². The largest absolute Gasteiger partial charge is 0.464 e. The predicted octanol–water partition coefficient (Wildman–Crippen LogP) is 6.35. The maximum absolute atomic E-state index is 15.3. The Kier molecular flexibility index (Phi) is 7.40. The van der Waals surface area contributed by atoms with E-state index >= 15 is 4.39 Å². The first-order valence-electron chi connectivity index (χ1n) is 10.7. The predicted molar refractivity (Wildman–Crippen MR) is 141 cm³/mol. The van der Waals surface area contributed by atoms with Crippen LogP contribution in [0.1, 0.15) is 25.8 Å². The molecule has 0 aliphatic rings. The van der Waals surface area contributed by atoms with Crippen LogP contribution in [-0.4, -0.2) is 39.4 Å². The van der Waals surface area contributed by atoms with Crippen molar-refractivity contribution < 1.29 is 27.4 Å². The number of thiazole rings is 1. The standard InChI is InChI=1S/C23H20Cl2FN5O5S2/c1-23(2,3)21-29-20(11-37-21)31(22(32)33)38(34,35)18-8-13(24)16(9-14(18)26)36-17-10-27-19(25)7-12(17)15-5-6-28-30(15)4/h5-11H,1-4H3,(H,32,33). The number of pyridine rings is 1. The smallest absolute Gasteiger partial charge is 0.427 e. The monoisotopic (exact) mass is 599 g/mol. The molecular formula is C23H20Cl2FN5O5S2. The van der Waals surface area contributed by atoms with E-state index in [0.29, 0.717) is 16.3 Å². The van der Waals surface area contributed by atoms with E-state index in [1.54, 1.807) is 24.0 Å². The van der Waals surface area contributed by atoms with Gasteiger partial charge in [0, 0.05) is 35.7 Å². The van der Waals surface area contributed by atoms with E-state index in [1.807, 2.05) is 20.8 Å². The molecule has 38 heavy (non-hydrogen) atoms. The fraction of sp³-hybridized carbons (Fsp3) is 0.217. The number of anilines is 1. The summed E-state index contributed by atoms with van der Waals surface area (Å²) in [6.45, 7) is 5.51. The molecule has 10 nitrogen and oxygen atoms in total. The van der Waals surface area contributed by atoms with E-state index < -0.39 is 32.2 Å². The molecule has 15 heteroatoms. The van der Waals surface area contributed by atoms with E-state index in [2.05, 4.69) is 15.1 Å². The van der Waals surface area contributed by atoms with Gasteiger partial charge in [0.15, 0.2) is 11.6 Å². The van der Waals surface area contributed by atoms with Crippen molar-refractivity contribution in [3.63, 3.8) is 0 Å². The number of rotatable bonds is 6. The van der Waals surface area contributed by atoms with Crippen LogP contribution in [0, 0.1) is 5.82 Å². The maximum atomic E-state index is 15.3. The topological polar surface area (TPSA) is 128 Å². The molecule has 1 aromatic carbocycles. The Morgan fingerprint density at radius 1 is 1.21 bits per heavy atom. The molecule has 0 radical (unpaired) electrons. The summed E-state index contributed by atoms with van der Waals surface area (Å²) in [6.07, 6.45) is 0.991. The van der Waals surface area contributed by atoms with Crippen LogP contribution in [0.4, 0.5) is 15.0 Å². The fourth-order valence-electron chi connectivity index (χ4n) is 3.37. The molecule has 0 aliphatic carbocycles.